The number of benzene rings is 1. The van der Waals surface area contributed by atoms with E-state index in [4.69, 9.17) is 0 Å². The number of thiazole rings is 1. The number of rotatable bonds is 5. The maximum Gasteiger partial charge on any atom is 0.138 e. The lowest BCUT2D eigenvalue weighted by Crippen LogP contribution is -2.03. The molecule has 17 heavy (non-hydrogen) atoms. The lowest BCUT2D eigenvalue weighted by Gasteiger charge is -2.01. The molecule has 0 unspecified atom stereocenters. The standard InChI is InChI=1S/C14H15NOS/c1-11-2-4-12(5-3-11)6-7-13(16)8-14-9-15-10-17-14/h2-5,9-10H,6-8H2,1H3. The van der Waals surface area contributed by atoms with Crippen molar-refractivity contribution in [1.82, 2.24) is 4.98 Å². The molecule has 0 spiro atoms. The fourth-order valence-electron chi connectivity index (χ4n) is 1.65. The van der Waals surface area contributed by atoms with Crippen molar-refractivity contribution in [1.29, 1.82) is 0 Å². The summed E-state index contributed by atoms with van der Waals surface area (Å²) in [6, 6.07) is 8.36. The molecule has 0 aliphatic rings. The quantitative estimate of drug-likeness (QED) is 0.809. The molecule has 0 saturated heterocycles. The van der Waals surface area contributed by atoms with Gasteiger partial charge in [-0.15, -0.1) is 11.3 Å². The highest BCUT2D eigenvalue weighted by Crippen LogP contribution is 2.10. The third-order valence-electron chi connectivity index (χ3n) is 2.67. The largest absolute Gasteiger partial charge is 0.299 e. The summed E-state index contributed by atoms with van der Waals surface area (Å²) in [4.78, 5) is 16.8. The molecular formula is C14H15NOS. The van der Waals surface area contributed by atoms with Crippen LogP contribution in [0.5, 0.6) is 0 Å². The highest BCUT2D eigenvalue weighted by atomic mass is 32.1. The average molecular weight is 245 g/mol. The third-order valence-corrected chi connectivity index (χ3v) is 3.45. The van der Waals surface area contributed by atoms with Crippen molar-refractivity contribution in [3.63, 3.8) is 0 Å². The number of nitrogens with zero attached hydrogens (tertiary/aromatic N) is 1. The van der Waals surface area contributed by atoms with E-state index in [9.17, 15) is 4.79 Å². The van der Waals surface area contributed by atoms with Crippen LogP contribution >= 0.6 is 11.3 Å². The van der Waals surface area contributed by atoms with Crippen LogP contribution in [-0.4, -0.2) is 10.8 Å². The second-order valence-corrected chi connectivity index (χ2v) is 5.14. The van der Waals surface area contributed by atoms with E-state index >= 15 is 0 Å². The van der Waals surface area contributed by atoms with Gasteiger partial charge in [-0.2, -0.15) is 0 Å². The average Bonchev–Trinajstić information content (AvgIpc) is 2.81. The maximum absolute atomic E-state index is 11.7. The van der Waals surface area contributed by atoms with Gasteiger partial charge in [-0.25, -0.2) is 0 Å². The predicted octanol–water partition coefficient (Wildman–Crippen LogP) is 3.20. The van der Waals surface area contributed by atoms with Crippen molar-refractivity contribution < 1.29 is 4.79 Å². The Labute approximate surface area is 105 Å². The molecule has 1 aromatic carbocycles. The fourth-order valence-corrected chi connectivity index (χ4v) is 2.27. The van der Waals surface area contributed by atoms with Crippen molar-refractivity contribution in [2.24, 2.45) is 0 Å². The van der Waals surface area contributed by atoms with Crippen molar-refractivity contribution in [3.05, 3.63) is 52.0 Å². The van der Waals surface area contributed by atoms with E-state index in [1.807, 2.05) is 0 Å². The van der Waals surface area contributed by atoms with E-state index in [0.717, 1.165) is 11.3 Å². The molecule has 0 aliphatic carbocycles. The lowest BCUT2D eigenvalue weighted by atomic mass is 10.0. The van der Waals surface area contributed by atoms with Crippen LogP contribution in [0.4, 0.5) is 0 Å². The molecule has 0 radical (unpaired) electrons. The van der Waals surface area contributed by atoms with Crippen LogP contribution in [0.3, 0.4) is 0 Å². The van der Waals surface area contributed by atoms with Crippen molar-refractivity contribution in [2.75, 3.05) is 0 Å². The van der Waals surface area contributed by atoms with Gasteiger partial charge < -0.3 is 0 Å². The van der Waals surface area contributed by atoms with Crippen LogP contribution in [0.1, 0.15) is 22.4 Å². The van der Waals surface area contributed by atoms with Gasteiger partial charge in [0.25, 0.3) is 0 Å². The topological polar surface area (TPSA) is 30.0 Å². The number of carbonyl (C=O) groups is 1. The normalized spacial score (nSPS) is 10.4. The van der Waals surface area contributed by atoms with E-state index in [-0.39, 0.29) is 5.78 Å². The van der Waals surface area contributed by atoms with Gasteiger partial charge in [-0.05, 0) is 18.9 Å². The Morgan fingerprint density at radius 3 is 2.71 bits per heavy atom. The molecule has 2 nitrogen and oxygen atoms in total. The van der Waals surface area contributed by atoms with Gasteiger partial charge in [0.05, 0.1) is 5.51 Å². The zero-order chi connectivity index (χ0) is 12.1. The summed E-state index contributed by atoms with van der Waals surface area (Å²) < 4.78 is 0. The van der Waals surface area contributed by atoms with E-state index < -0.39 is 0 Å². The molecule has 0 amide bonds. The first-order chi connectivity index (χ1) is 8.24. The molecule has 0 aliphatic heterocycles. The monoisotopic (exact) mass is 245 g/mol. The molecular weight excluding hydrogens is 230 g/mol. The minimum Gasteiger partial charge on any atom is -0.299 e. The first-order valence-corrected chi connectivity index (χ1v) is 6.56. The van der Waals surface area contributed by atoms with Crippen LogP contribution in [0, 0.1) is 6.92 Å². The Bertz CT molecular complexity index is 473. The van der Waals surface area contributed by atoms with Crippen LogP contribution in [0.25, 0.3) is 0 Å². The fraction of sp³-hybridized carbons (Fsp3) is 0.286. The van der Waals surface area contributed by atoms with Crippen LogP contribution in [0.2, 0.25) is 0 Å². The number of aryl methyl sites for hydroxylation is 2. The molecule has 3 heteroatoms. The van der Waals surface area contributed by atoms with Gasteiger partial charge in [0, 0.05) is 23.9 Å². The molecule has 0 N–H and O–H groups in total. The van der Waals surface area contributed by atoms with Crippen molar-refractivity contribution >= 4 is 17.1 Å². The zero-order valence-electron chi connectivity index (χ0n) is 9.85. The Hall–Kier alpha value is -1.48. The lowest BCUT2D eigenvalue weighted by molar-refractivity contribution is -0.118. The summed E-state index contributed by atoms with van der Waals surface area (Å²) in [7, 11) is 0. The van der Waals surface area contributed by atoms with E-state index in [2.05, 4.69) is 36.2 Å². The second-order valence-electron chi connectivity index (χ2n) is 4.17. The van der Waals surface area contributed by atoms with Gasteiger partial charge in [0.1, 0.15) is 5.78 Å². The van der Waals surface area contributed by atoms with E-state index in [1.165, 1.54) is 11.1 Å². The first-order valence-electron chi connectivity index (χ1n) is 5.68. The summed E-state index contributed by atoms with van der Waals surface area (Å²) in [6.07, 6.45) is 3.74. The summed E-state index contributed by atoms with van der Waals surface area (Å²) in [5, 5.41) is 0. The van der Waals surface area contributed by atoms with Crippen LogP contribution in [-0.2, 0) is 17.6 Å². The Kier molecular flexibility index (Phi) is 4.04. The van der Waals surface area contributed by atoms with Gasteiger partial charge in [0.2, 0.25) is 0 Å². The molecule has 0 bridgehead atoms. The molecule has 2 aromatic rings. The summed E-state index contributed by atoms with van der Waals surface area (Å²) >= 11 is 1.54. The van der Waals surface area contributed by atoms with Gasteiger partial charge in [0.15, 0.2) is 0 Å². The first kappa shape index (κ1) is 12.0. The molecule has 2 rings (SSSR count). The highest BCUT2D eigenvalue weighted by molar-refractivity contribution is 7.09. The van der Waals surface area contributed by atoms with Crippen LogP contribution in [0.15, 0.2) is 36.0 Å². The molecule has 1 heterocycles. The van der Waals surface area contributed by atoms with Crippen molar-refractivity contribution in [3.8, 4) is 0 Å². The van der Waals surface area contributed by atoms with E-state index in [0.29, 0.717) is 12.8 Å². The molecule has 0 fully saturated rings. The number of hydrogen-bond acceptors (Lipinski definition) is 3. The Morgan fingerprint density at radius 1 is 1.29 bits per heavy atom. The van der Waals surface area contributed by atoms with Gasteiger partial charge >= 0.3 is 0 Å². The highest BCUT2D eigenvalue weighted by Gasteiger charge is 2.05. The zero-order valence-corrected chi connectivity index (χ0v) is 10.7. The number of ketones is 1. The Morgan fingerprint density at radius 2 is 2.06 bits per heavy atom. The SMILES string of the molecule is Cc1ccc(CCC(=O)Cc2cncs2)cc1. The molecule has 1 aromatic heterocycles. The number of Topliss-reactive ketones (excluding diaryl/α,β-unsaturated/α-hetero) is 1. The maximum atomic E-state index is 11.7. The summed E-state index contributed by atoms with van der Waals surface area (Å²) in [5.74, 6) is 0.287. The smallest absolute Gasteiger partial charge is 0.138 e. The molecule has 88 valence electrons. The van der Waals surface area contributed by atoms with Gasteiger partial charge in [-0.3, -0.25) is 9.78 Å². The van der Waals surface area contributed by atoms with Gasteiger partial charge in [-0.1, -0.05) is 29.8 Å². The summed E-state index contributed by atoms with van der Waals surface area (Å²) in [6.45, 7) is 2.07. The molecule has 0 saturated carbocycles. The Balaban J connectivity index is 1.82. The molecule has 0 atom stereocenters. The second kappa shape index (κ2) is 5.73. The van der Waals surface area contributed by atoms with Crippen LogP contribution < -0.4 is 0 Å². The summed E-state index contributed by atoms with van der Waals surface area (Å²) in [5.41, 5.74) is 4.25. The minimum absolute atomic E-state index is 0.287. The number of hydrogen-bond donors (Lipinski definition) is 0. The number of carbonyl (C=O) groups excluding carboxylic acids is 1. The third kappa shape index (κ3) is 3.79. The van der Waals surface area contributed by atoms with Crippen molar-refractivity contribution in [2.45, 2.75) is 26.2 Å². The van der Waals surface area contributed by atoms with E-state index in [1.54, 1.807) is 23.0 Å². The predicted molar refractivity (Wildman–Crippen MR) is 70.3 cm³/mol. The minimum atomic E-state index is 0.287. The number of aromatic nitrogens is 1.